The Labute approximate surface area is 261 Å². The second-order valence-electron chi connectivity index (χ2n) is 14.4. The first-order chi connectivity index (χ1) is 19.9. The van der Waals surface area contributed by atoms with Gasteiger partial charge in [0, 0.05) is 0 Å². The molecule has 0 heterocycles. The third-order valence-corrected chi connectivity index (χ3v) is 17.4. The maximum absolute atomic E-state index is 2.70. The Kier molecular flexibility index (Phi) is 7.64. The number of benzene rings is 4. The van der Waals surface area contributed by atoms with Crippen LogP contribution in [0.2, 0.25) is 0 Å². The molecule has 0 N–H and O–H groups in total. The third-order valence-electron chi connectivity index (χ3n) is 9.10. The van der Waals surface area contributed by atoms with Gasteiger partial charge in [0.25, 0.3) is 0 Å². The summed E-state index contributed by atoms with van der Waals surface area (Å²) in [6.45, 7) is 18.5. The van der Waals surface area contributed by atoms with Crippen LogP contribution >= 0.6 is 0 Å². The number of hydrogen-bond acceptors (Lipinski definition) is 0. The number of allylic oxidation sites excluding steroid dienone is 4. The Balaban J connectivity index is 1.74. The summed E-state index contributed by atoms with van der Waals surface area (Å²) < 4.78 is 3.74. The Hall–Kier alpha value is -2.89. The predicted molar refractivity (Wildman–Crippen MR) is 179 cm³/mol. The van der Waals surface area contributed by atoms with Gasteiger partial charge in [-0.3, -0.25) is 0 Å². The third kappa shape index (κ3) is 5.46. The molecule has 0 amide bonds. The molecule has 1 heteroatoms. The molecule has 2 aliphatic carbocycles. The molecule has 0 radical (unpaired) electrons. The van der Waals surface area contributed by atoms with Gasteiger partial charge in [0.2, 0.25) is 0 Å². The van der Waals surface area contributed by atoms with Crippen molar-refractivity contribution in [1.29, 1.82) is 0 Å². The first-order valence-corrected chi connectivity index (χ1v) is 19.3. The van der Waals surface area contributed by atoms with Crippen molar-refractivity contribution < 1.29 is 21.3 Å². The summed E-state index contributed by atoms with van der Waals surface area (Å²) in [5.74, 6) is 0. The molecule has 2 aliphatic rings. The van der Waals surface area contributed by atoms with Gasteiger partial charge in [-0.15, -0.1) is 0 Å². The first kappa shape index (κ1) is 29.2. The van der Waals surface area contributed by atoms with Gasteiger partial charge in [0.1, 0.15) is 0 Å². The molecule has 0 bridgehead atoms. The Bertz CT molecular complexity index is 1630. The predicted octanol–water partition coefficient (Wildman–Crippen LogP) is 10.7. The van der Waals surface area contributed by atoms with Gasteiger partial charge in [-0.1, -0.05) is 0 Å². The number of rotatable bonds is 4. The average molecular weight is 628 g/mol. The standard InChI is InChI=1S/C21H25.C15H14.C5H5.Zr/c1-20(2,3)16-7-9-18-14(12-16)11-15-13-17(21(4,5)6)8-10-19(15)18;1-12-3-7-14(8-4-12)11-15-9-5-13(2)6-10-15;1-2-4-5-3-1;/h7-13H,1-6H3;3-10H,1-2H3;1-3H,4H2;. The van der Waals surface area contributed by atoms with E-state index in [0.717, 1.165) is 6.42 Å². The molecule has 42 heavy (non-hydrogen) atoms. The van der Waals surface area contributed by atoms with E-state index < -0.39 is 21.3 Å². The van der Waals surface area contributed by atoms with Crippen LogP contribution in [0.1, 0.15) is 96.1 Å². The molecule has 0 saturated heterocycles. The van der Waals surface area contributed by atoms with Crippen molar-refractivity contribution in [2.75, 3.05) is 0 Å². The van der Waals surface area contributed by atoms with Crippen LogP contribution in [-0.2, 0) is 32.1 Å². The SMILES string of the molecule is Cc1ccc([C](c2ccc(C)cc2)=[Zr]([C]2=CC=CC2)[CH]2c3cc(C(C)(C)C)ccc3-c3ccc(C(C)(C)C)cc32)cc1. The summed E-state index contributed by atoms with van der Waals surface area (Å²) in [5, 5.41) is 0. The number of aryl methyl sites for hydroxylation is 2. The summed E-state index contributed by atoms with van der Waals surface area (Å²) in [6, 6.07) is 33.6. The molecule has 0 atom stereocenters. The van der Waals surface area contributed by atoms with E-state index in [-0.39, 0.29) is 10.8 Å². The van der Waals surface area contributed by atoms with Crippen LogP contribution in [0.3, 0.4) is 0 Å². The second kappa shape index (κ2) is 11.0. The van der Waals surface area contributed by atoms with E-state index in [4.69, 9.17) is 0 Å². The van der Waals surface area contributed by atoms with Gasteiger partial charge < -0.3 is 0 Å². The quantitative estimate of drug-likeness (QED) is 0.211. The van der Waals surface area contributed by atoms with E-state index >= 15 is 0 Å². The average Bonchev–Trinajstić information content (AvgIpc) is 3.58. The van der Waals surface area contributed by atoms with Gasteiger partial charge in [-0.2, -0.15) is 0 Å². The van der Waals surface area contributed by atoms with Crippen LogP contribution in [-0.4, -0.2) is 3.21 Å². The molecule has 0 aliphatic heterocycles. The summed E-state index contributed by atoms with van der Waals surface area (Å²) in [4.78, 5) is 0. The molecule has 212 valence electrons. The molecule has 4 aromatic rings. The fraction of sp³-hybridized carbons (Fsp3) is 0.293. The van der Waals surface area contributed by atoms with Crippen molar-refractivity contribution >= 4 is 3.21 Å². The summed E-state index contributed by atoms with van der Waals surface area (Å²) in [5.41, 5.74) is 14.5. The van der Waals surface area contributed by atoms with Crippen molar-refractivity contribution in [1.82, 2.24) is 0 Å². The van der Waals surface area contributed by atoms with Crippen LogP contribution in [0.25, 0.3) is 11.1 Å². The van der Waals surface area contributed by atoms with Crippen molar-refractivity contribution in [3.63, 3.8) is 0 Å². The van der Waals surface area contributed by atoms with E-state index in [1.54, 1.807) is 17.6 Å². The molecule has 6 rings (SSSR count). The molecular formula is C41H44Zr. The summed E-state index contributed by atoms with van der Waals surface area (Å²) in [6.07, 6.45) is 8.25. The van der Waals surface area contributed by atoms with E-state index in [0.29, 0.717) is 3.63 Å². The van der Waals surface area contributed by atoms with E-state index in [9.17, 15) is 0 Å². The zero-order valence-corrected chi connectivity index (χ0v) is 29.1. The minimum atomic E-state index is -2.70. The van der Waals surface area contributed by atoms with E-state index in [1.165, 1.54) is 44.5 Å². The van der Waals surface area contributed by atoms with Crippen LogP contribution < -0.4 is 0 Å². The normalized spacial score (nSPS) is 14.5. The first-order valence-electron chi connectivity index (χ1n) is 15.5. The summed E-state index contributed by atoms with van der Waals surface area (Å²) >= 11 is -2.70. The topological polar surface area (TPSA) is 0 Å². The van der Waals surface area contributed by atoms with Crippen LogP contribution in [0, 0.1) is 13.8 Å². The Morgan fingerprint density at radius 3 is 1.45 bits per heavy atom. The summed E-state index contributed by atoms with van der Waals surface area (Å²) in [7, 11) is 0. The molecule has 0 nitrogen and oxygen atoms in total. The molecule has 0 saturated carbocycles. The Morgan fingerprint density at radius 1 is 0.619 bits per heavy atom. The molecule has 0 fully saturated rings. The van der Waals surface area contributed by atoms with Crippen LogP contribution in [0.4, 0.5) is 0 Å². The van der Waals surface area contributed by atoms with Gasteiger partial charge in [0.05, 0.1) is 0 Å². The fourth-order valence-electron chi connectivity index (χ4n) is 6.56. The van der Waals surface area contributed by atoms with E-state index in [1.807, 2.05) is 0 Å². The molecule has 0 unspecified atom stereocenters. The maximum atomic E-state index is 2.59. The Morgan fingerprint density at radius 2 is 1.07 bits per heavy atom. The number of hydrogen-bond donors (Lipinski definition) is 0. The zero-order valence-electron chi connectivity index (χ0n) is 26.6. The van der Waals surface area contributed by atoms with Crippen molar-refractivity contribution in [3.8, 4) is 11.1 Å². The molecule has 4 aromatic carbocycles. The van der Waals surface area contributed by atoms with Gasteiger partial charge in [-0.25, -0.2) is 0 Å². The van der Waals surface area contributed by atoms with Gasteiger partial charge >= 0.3 is 263 Å². The zero-order chi connectivity index (χ0) is 29.8. The molecular weight excluding hydrogens is 584 g/mol. The van der Waals surface area contributed by atoms with Crippen molar-refractivity contribution in [3.05, 3.63) is 151 Å². The molecule has 0 aromatic heterocycles. The van der Waals surface area contributed by atoms with Crippen LogP contribution in [0.15, 0.2) is 106 Å². The fourth-order valence-corrected chi connectivity index (χ4v) is 15.5. The van der Waals surface area contributed by atoms with E-state index in [2.05, 4.69) is 159 Å². The second-order valence-corrected chi connectivity index (χ2v) is 20.6. The van der Waals surface area contributed by atoms with Crippen LogP contribution in [0.5, 0.6) is 0 Å². The van der Waals surface area contributed by atoms with Crippen molar-refractivity contribution in [2.24, 2.45) is 0 Å². The van der Waals surface area contributed by atoms with Gasteiger partial charge in [0.15, 0.2) is 0 Å². The van der Waals surface area contributed by atoms with Gasteiger partial charge in [-0.05, 0) is 0 Å². The van der Waals surface area contributed by atoms with Crippen molar-refractivity contribution in [2.45, 2.75) is 76.3 Å². The number of fused-ring (bicyclic) bond motifs is 3. The monoisotopic (exact) mass is 626 g/mol. The molecule has 0 spiro atoms. The minimum absolute atomic E-state index is 0.100.